The largest absolute Gasteiger partial charge is 0.515 e. The molecule has 4 aromatic rings. The lowest BCUT2D eigenvalue weighted by Gasteiger charge is -2.13. The van der Waals surface area contributed by atoms with Crippen molar-refractivity contribution in [1.82, 2.24) is 9.97 Å². The van der Waals surface area contributed by atoms with Crippen molar-refractivity contribution in [2.24, 2.45) is 0 Å². The van der Waals surface area contributed by atoms with Gasteiger partial charge in [-0.3, -0.25) is 0 Å². The molecule has 0 amide bonds. The number of benzene rings is 2. The first-order valence-corrected chi connectivity index (χ1v) is 10.1. The van der Waals surface area contributed by atoms with Gasteiger partial charge in [-0.05, 0) is 32.0 Å². The van der Waals surface area contributed by atoms with Crippen molar-refractivity contribution in [3.8, 4) is 11.6 Å². The molecule has 7 nitrogen and oxygen atoms in total. The predicted octanol–water partition coefficient (Wildman–Crippen LogP) is 5.50. The number of hydrogen-bond donors (Lipinski definition) is 1. The van der Waals surface area contributed by atoms with Crippen LogP contribution in [0.5, 0.6) is 11.6 Å². The molecule has 2 heterocycles. The lowest BCUT2D eigenvalue weighted by Crippen LogP contribution is -2.17. The summed E-state index contributed by atoms with van der Waals surface area (Å²) in [4.78, 5) is 19.7. The third kappa shape index (κ3) is 4.36. The second kappa shape index (κ2) is 9.23. The number of nitrogens with zero attached hydrogens (tertiary/aromatic N) is 1. The van der Waals surface area contributed by atoms with E-state index in [0.29, 0.717) is 16.9 Å². The number of rotatable bonds is 7. The Morgan fingerprint density at radius 2 is 1.88 bits per heavy atom. The van der Waals surface area contributed by atoms with Gasteiger partial charge in [-0.2, -0.15) is 0 Å². The highest BCUT2D eigenvalue weighted by molar-refractivity contribution is 6.12. The van der Waals surface area contributed by atoms with Gasteiger partial charge in [0, 0.05) is 23.4 Å². The highest BCUT2D eigenvalue weighted by Crippen LogP contribution is 2.38. The van der Waals surface area contributed by atoms with Crippen LogP contribution in [0.1, 0.15) is 25.0 Å². The van der Waals surface area contributed by atoms with Gasteiger partial charge < -0.3 is 23.9 Å². The number of carbonyl (C=O) groups excluding carboxylic acids is 1. The van der Waals surface area contributed by atoms with Gasteiger partial charge in [0.1, 0.15) is 18.2 Å². The van der Waals surface area contributed by atoms with Crippen LogP contribution in [0.4, 0.5) is 9.18 Å². The maximum atomic E-state index is 14.1. The topological polar surface area (TPSA) is 82.7 Å². The molecule has 0 aliphatic rings. The van der Waals surface area contributed by atoms with E-state index in [2.05, 4.69) is 9.97 Å². The van der Waals surface area contributed by atoms with Gasteiger partial charge in [-0.15, -0.1) is 0 Å². The second-order valence-corrected chi connectivity index (χ2v) is 7.47. The van der Waals surface area contributed by atoms with Crippen LogP contribution >= 0.6 is 0 Å². The van der Waals surface area contributed by atoms with E-state index in [0.717, 1.165) is 21.8 Å². The summed E-state index contributed by atoms with van der Waals surface area (Å²) in [5, 5.41) is 1.50. The van der Waals surface area contributed by atoms with E-state index in [-0.39, 0.29) is 31.0 Å². The highest BCUT2D eigenvalue weighted by atomic mass is 19.1. The molecular formula is C24H23FN2O5. The minimum Gasteiger partial charge on any atom is -0.488 e. The summed E-state index contributed by atoms with van der Waals surface area (Å²) in [6.07, 6.45) is 0.399. The molecule has 2 aromatic heterocycles. The molecule has 4 rings (SSSR count). The number of carbonyl (C=O) groups is 1. The Labute approximate surface area is 184 Å². The number of H-pyrrole nitrogens is 1. The van der Waals surface area contributed by atoms with E-state index >= 15 is 0 Å². The van der Waals surface area contributed by atoms with Gasteiger partial charge in [-0.1, -0.05) is 24.3 Å². The van der Waals surface area contributed by atoms with Crippen LogP contribution in [0.15, 0.2) is 48.7 Å². The zero-order valence-electron chi connectivity index (χ0n) is 18.0. The summed E-state index contributed by atoms with van der Waals surface area (Å²) < 4.78 is 35.9. The minimum absolute atomic E-state index is 0.0627. The Hall–Kier alpha value is -3.65. The van der Waals surface area contributed by atoms with E-state index in [4.69, 9.17) is 18.9 Å². The summed E-state index contributed by atoms with van der Waals surface area (Å²) in [6, 6.07) is 12.0. The van der Waals surface area contributed by atoms with E-state index in [1.54, 1.807) is 51.4 Å². The predicted molar refractivity (Wildman–Crippen MR) is 117 cm³/mol. The Morgan fingerprint density at radius 3 is 2.62 bits per heavy atom. The van der Waals surface area contributed by atoms with Crippen molar-refractivity contribution >= 4 is 28.0 Å². The van der Waals surface area contributed by atoms with Crippen LogP contribution in [0.25, 0.3) is 21.8 Å². The van der Waals surface area contributed by atoms with Crippen LogP contribution in [-0.2, 0) is 22.7 Å². The summed E-state index contributed by atoms with van der Waals surface area (Å²) in [7, 11) is 1.54. The Morgan fingerprint density at radius 1 is 1.06 bits per heavy atom. The molecule has 1 N–H and O–H groups in total. The van der Waals surface area contributed by atoms with Gasteiger partial charge in [0.25, 0.3) is 0 Å². The van der Waals surface area contributed by atoms with Crippen molar-refractivity contribution < 1.29 is 28.1 Å². The normalized spacial score (nSPS) is 11.3. The molecule has 0 radical (unpaired) electrons. The molecule has 0 unspecified atom stereocenters. The van der Waals surface area contributed by atoms with E-state index in [1.807, 2.05) is 12.1 Å². The smallest absolute Gasteiger partial charge is 0.488 e. The molecule has 0 aliphatic heterocycles. The number of hydrogen-bond acceptors (Lipinski definition) is 6. The molecule has 0 saturated carbocycles. The van der Waals surface area contributed by atoms with Crippen LogP contribution in [0.2, 0.25) is 0 Å². The zero-order valence-corrected chi connectivity index (χ0v) is 18.0. The maximum Gasteiger partial charge on any atom is 0.515 e. The number of pyridine rings is 1. The van der Waals surface area contributed by atoms with Gasteiger partial charge in [0.2, 0.25) is 5.88 Å². The summed E-state index contributed by atoms with van der Waals surface area (Å²) in [6.45, 7) is 3.66. The second-order valence-electron chi connectivity index (χ2n) is 7.47. The van der Waals surface area contributed by atoms with E-state index in [1.165, 1.54) is 6.07 Å². The maximum absolute atomic E-state index is 14.1. The molecule has 2 aromatic carbocycles. The van der Waals surface area contributed by atoms with E-state index in [9.17, 15) is 9.18 Å². The molecule has 0 spiro atoms. The monoisotopic (exact) mass is 438 g/mol. The van der Waals surface area contributed by atoms with Gasteiger partial charge in [0.05, 0.1) is 35.5 Å². The molecule has 0 atom stereocenters. The third-order valence-electron chi connectivity index (χ3n) is 4.83. The Kier molecular flexibility index (Phi) is 6.23. The Balaban J connectivity index is 1.79. The fourth-order valence-corrected chi connectivity index (χ4v) is 3.51. The molecule has 0 fully saturated rings. The van der Waals surface area contributed by atoms with Crippen molar-refractivity contribution in [1.29, 1.82) is 0 Å². The molecule has 0 bridgehead atoms. The number of aromatic nitrogens is 2. The summed E-state index contributed by atoms with van der Waals surface area (Å²) in [5.41, 5.74) is 2.54. The number of nitrogens with one attached hydrogen (secondary N) is 1. The van der Waals surface area contributed by atoms with E-state index < -0.39 is 6.16 Å². The minimum atomic E-state index is -0.847. The van der Waals surface area contributed by atoms with Gasteiger partial charge in [-0.25, -0.2) is 14.2 Å². The molecule has 166 valence electrons. The molecule has 0 saturated heterocycles. The number of aromatic amines is 1. The number of methoxy groups -OCH3 is 1. The van der Waals surface area contributed by atoms with Crippen molar-refractivity contribution in [2.75, 3.05) is 7.11 Å². The van der Waals surface area contributed by atoms with Crippen molar-refractivity contribution in [3.05, 3.63) is 65.6 Å². The quantitative estimate of drug-likeness (QED) is 0.384. The van der Waals surface area contributed by atoms with Crippen LogP contribution < -0.4 is 9.47 Å². The lowest BCUT2D eigenvalue weighted by atomic mass is 10.1. The summed E-state index contributed by atoms with van der Waals surface area (Å²) in [5.74, 6) is 0.313. The first kappa shape index (κ1) is 21.6. The first-order chi connectivity index (χ1) is 15.5. The number of halogens is 1. The van der Waals surface area contributed by atoms with Gasteiger partial charge in [0.15, 0.2) is 0 Å². The average molecular weight is 438 g/mol. The summed E-state index contributed by atoms with van der Waals surface area (Å²) >= 11 is 0. The van der Waals surface area contributed by atoms with Crippen LogP contribution in [-0.4, -0.2) is 29.3 Å². The Bertz CT molecular complexity index is 1270. The molecule has 0 aliphatic carbocycles. The molecular weight excluding hydrogens is 415 g/mol. The SMILES string of the molecule is COCc1c(OC(=O)OC(C)C)ncc2[nH]c3cccc(OCc4ccccc4F)c3c12. The standard InChI is InChI=1S/C24H23FN2O5/c1-14(2)31-24(28)32-23-16(13-29-3)21-19(11-26-23)27-18-9-6-10-20(22(18)21)30-12-15-7-4-5-8-17(15)25/h4-11,14,27H,12-13H2,1-3H3. The van der Waals surface area contributed by atoms with Crippen LogP contribution in [0, 0.1) is 5.82 Å². The average Bonchev–Trinajstić information content (AvgIpc) is 3.14. The van der Waals surface area contributed by atoms with Crippen molar-refractivity contribution in [2.45, 2.75) is 33.2 Å². The first-order valence-electron chi connectivity index (χ1n) is 10.1. The third-order valence-corrected chi connectivity index (χ3v) is 4.83. The van der Waals surface area contributed by atoms with Crippen molar-refractivity contribution in [3.63, 3.8) is 0 Å². The lowest BCUT2D eigenvalue weighted by molar-refractivity contribution is 0.0705. The fourth-order valence-electron chi connectivity index (χ4n) is 3.51. The zero-order chi connectivity index (χ0) is 22.7. The highest BCUT2D eigenvalue weighted by Gasteiger charge is 2.21. The fraction of sp³-hybridized carbons (Fsp3) is 0.250. The molecule has 8 heteroatoms. The van der Waals surface area contributed by atoms with Gasteiger partial charge >= 0.3 is 6.16 Å². The molecule has 32 heavy (non-hydrogen) atoms. The number of fused-ring (bicyclic) bond motifs is 3. The van der Waals surface area contributed by atoms with Crippen LogP contribution in [0.3, 0.4) is 0 Å². The number of ether oxygens (including phenoxy) is 4.